The second kappa shape index (κ2) is 9.76. The standard InChI is InChI=1S/C18H22ClF3O/c1-2-3-4-5-6-7-8-15(13-17(23)18(20,21)22)14-9-11-16(19)12-10-14/h9-13H,2-8H2,1H3/b15-13-. The molecule has 1 nitrogen and oxygen atoms in total. The Kier molecular flexibility index (Phi) is 8.38. The Balaban J connectivity index is 2.75. The molecule has 0 aromatic heterocycles. The van der Waals surface area contributed by atoms with Crippen molar-refractivity contribution in [3.8, 4) is 0 Å². The summed E-state index contributed by atoms with van der Waals surface area (Å²) < 4.78 is 37.5. The van der Waals surface area contributed by atoms with Crippen molar-refractivity contribution in [2.45, 2.75) is 58.0 Å². The van der Waals surface area contributed by atoms with Crippen LogP contribution < -0.4 is 0 Å². The Bertz CT molecular complexity index is 518. The zero-order chi connectivity index (χ0) is 17.3. The zero-order valence-electron chi connectivity index (χ0n) is 13.3. The van der Waals surface area contributed by atoms with Crippen LogP contribution in [-0.4, -0.2) is 12.0 Å². The first kappa shape index (κ1) is 19.8. The van der Waals surface area contributed by atoms with Gasteiger partial charge in [0.1, 0.15) is 0 Å². The number of alkyl halides is 3. The molecule has 0 heterocycles. The van der Waals surface area contributed by atoms with Crippen LogP contribution in [0.2, 0.25) is 5.02 Å². The van der Waals surface area contributed by atoms with Gasteiger partial charge in [0.05, 0.1) is 0 Å². The minimum absolute atomic E-state index is 0.416. The third-order valence-corrected chi connectivity index (χ3v) is 3.85. The van der Waals surface area contributed by atoms with Gasteiger partial charge >= 0.3 is 6.18 Å². The smallest absolute Gasteiger partial charge is 0.285 e. The van der Waals surface area contributed by atoms with Crippen LogP contribution in [0.5, 0.6) is 0 Å². The highest BCUT2D eigenvalue weighted by molar-refractivity contribution is 6.30. The molecule has 1 aromatic rings. The van der Waals surface area contributed by atoms with Gasteiger partial charge in [0.2, 0.25) is 0 Å². The van der Waals surface area contributed by atoms with Gasteiger partial charge in [-0.05, 0) is 42.2 Å². The molecule has 0 aliphatic rings. The molecule has 1 aromatic carbocycles. The molecule has 0 atom stereocenters. The number of hydrogen-bond donors (Lipinski definition) is 0. The normalized spacial score (nSPS) is 12.5. The van der Waals surface area contributed by atoms with Crippen LogP contribution in [0.25, 0.3) is 5.57 Å². The van der Waals surface area contributed by atoms with E-state index in [-0.39, 0.29) is 0 Å². The van der Waals surface area contributed by atoms with E-state index in [4.69, 9.17) is 11.6 Å². The summed E-state index contributed by atoms with van der Waals surface area (Å²) in [6, 6.07) is 6.53. The molecule has 0 unspecified atom stereocenters. The van der Waals surface area contributed by atoms with Crippen molar-refractivity contribution in [3.63, 3.8) is 0 Å². The average Bonchev–Trinajstić information content (AvgIpc) is 2.49. The van der Waals surface area contributed by atoms with E-state index in [1.54, 1.807) is 24.3 Å². The highest BCUT2D eigenvalue weighted by Gasteiger charge is 2.36. The molecular formula is C18H22ClF3O. The number of benzene rings is 1. The van der Waals surface area contributed by atoms with E-state index in [1.165, 1.54) is 6.42 Å². The first-order chi connectivity index (χ1) is 10.8. The molecule has 23 heavy (non-hydrogen) atoms. The zero-order valence-corrected chi connectivity index (χ0v) is 14.0. The third-order valence-electron chi connectivity index (χ3n) is 3.60. The van der Waals surface area contributed by atoms with Crippen LogP contribution in [0.3, 0.4) is 0 Å². The largest absolute Gasteiger partial charge is 0.454 e. The lowest BCUT2D eigenvalue weighted by atomic mass is 9.97. The Morgan fingerprint density at radius 1 is 1.04 bits per heavy atom. The fourth-order valence-corrected chi connectivity index (χ4v) is 2.43. The van der Waals surface area contributed by atoms with E-state index in [9.17, 15) is 18.0 Å². The lowest BCUT2D eigenvalue weighted by molar-refractivity contribution is -0.165. The summed E-state index contributed by atoms with van der Waals surface area (Å²) in [5.74, 6) is -1.81. The van der Waals surface area contributed by atoms with Crippen LogP contribution >= 0.6 is 11.6 Å². The van der Waals surface area contributed by atoms with E-state index < -0.39 is 12.0 Å². The highest BCUT2D eigenvalue weighted by atomic mass is 35.5. The quantitative estimate of drug-likeness (QED) is 0.363. The molecule has 0 saturated heterocycles. The van der Waals surface area contributed by atoms with Crippen LogP contribution in [0, 0.1) is 0 Å². The van der Waals surface area contributed by atoms with Crippen LogP contribution in [0.1, 0.15) is 57.4 Å². The molecule has 0 radical (unpaired) electrons. The van der Waals surface area contributed by atoms with Gasteiger partial charge in [-0.2, -0.15) is 13.2 Å². The summed E-state index contributed by atoms with van der Waals surface area (Å²) in [6.45, 7) is 2.13. The summed E-state index contributed by atoms with van der Waals surface area (Å²) in [5.41, 5.74) is 1.03. The van der Waals surface area contributed by atoms with Gasteiger partial charge in [-0.1, -0.05) is 62.8 Å². The van der Waals surface area contributed by atoms with Crippen molar-refractivity contribution < 1.29 is 18.0 Å². The molecule has 0 fully saturated rings. The minimum Gasteiger partial charge on any atom is -0.285 e. The first-order valence-electron chi connectivity index (χ1n) is 7.92. The molecule has 0 bridgehead atoms. The first-order valence-corrected chi connectivity index (χ1v) is 8.30. The third kappa shape index (κ3) is 7.69. The maximum atomic E-state index is 12.5. The topological polar surface area (TPSA) is 17.1 Å². The molecule has 0 spiro atoms. The summed E-state index contributed by atoms with van der Waals surface area (Å²) in [6.07, 6.45) is 2.58. The fraction of sp³-hybridized carbons (Fsp3) is 0.500. The molecule has 0 aliphatic carbocycles. The number of carbonyl (C=O) groups is 1. The molecule has 0 aliphatic heterocycles. The molecule has 0 saturated carbocycles. The number of carbonyl (C=O) groups excluding carboxylic acids is 1. The van der Waals surface area contributed by atoms with Crippen molar-refractivity contribution in [3.05, 3.63) is 40.9 Å². The number of halogens is 4. The number of hydrogen-bond acceptors (Lipinski definition) is 1. The van der Waals surface area contributed by atoms with Gasteiger partial charge in [-0.25, -0.2) is 0 Å². The predicted octanol–water partition coefficient (Wildman–Crippen LogP) is 6.61. The molecule has 5 heteroatoms. The van der Waals surface area contributed by atoms with E-state index >= 15 is 0 Å². The number of rotatable bonds is 9. The maximum Gasteiger partial charge on any atom is 0.454 e. The van der Waals surface area contributed by atoms with Crippen molar-refractivity contribution in [1.29, 1.82) is 0 Å². The fourth-order valence-electron chi connectivity index (χ4n) is 2.30. The molecule has 0 N–H and O–H groups in total. The van der Waals surface area contributed by atoms with Gasteiger partial charge in [0.15, 0.2) is 0 Å². The summed E-state index contributed by atoms with van der Waals surface area (Å²) in [4.78, 5) is 11.3. The van der Waals surface area contributed by atoms with Gasteiger partial charge in [0.25, 0.3) is 5.78 Å². The minimum atomic E-state index is -4.83. The van der Waals surface area contributed by atoms with Crippen molar-refractivity contribution >= 4 is 23.0 Å². The van der Waals surface area contributed by atoms with E-state index in [0.717, 1.165) is 38.2 Å². The van der Waals surface area contributed by atoms with Crippen molar-refractivity contribution in [2.75, 3.05) is 0 Å². The van der Waals surface area contributed by atoms with E-state index in [0.29, 0.717) is 22.6 Å². The summed E-state index contributed by atoms with van der Waals surface area (Å²) in [7, 11) is 0. The number of allylic oxidation sites excluding steroid dienone is 2. The van der Waals surface area contributed by atoms with Crippen molar-refractivity contribution in [1.82, 2.24) is 0 Å². The Morgan fingerprint density at radius 3 is 2.17 bits per heavy atom. The lowest BCUT2D eigenvalue weighted by Crippen LogP contribution is -2.20. The highest BCUT2D eigenvalue weighted by Crippen LogP contribution is 2.26. The summed E-state index contributed by atoms with van der Waals surface area (Å²) >= 11 is 5.80. The van der Waals surface area contributed by atoms with Gasteiger partial charge in [-0.3, -0.25) is 4.79 Å². The Hall–Kier alpha value is -1.29. The summed E-state index contributed by atoms with van der Waals surface area (Å²) in [5, 5.41) is 0.509. The average molecular weight is 347 g/mol. The van der Waals surface area contributed by atoms with Gasteiger partial charge in [0, 0.05) is 5.02 Å². The van der Waals surface area contributed by atoms with E-state index in [2.05, 4.69) is 6.92 Å². The van der Waals surface area contributed by atoms with Crippen LogP contribution in [0.15, 0.2) is 30.3 Å². The molecule has 0 amide bonds. The Morgan fingerprint density at radius 2 is 1.61 bits per heavy atom. The second-order valence-corrected chi connectivity index (χ2v) is 5.99. The van der Waals surface area contributed by atoms with Crippen molar-refractivity contribution in [2.24, 2.45) is 0 Å². The number of ketones is 1. The predicted molar refractivity (Wildman–Crippen MR) is 88.5 cm³/mol. The lowest BCUT2D eigenvalue weighted by Gasteiger charge is -2.09. The van der Waals surface area contributed by atoms with Gasteiger partial charge < -0.3 is 0 Å². The SMILES string of the molecule is CCCCCCCC/C(=C/C(=O)C(F)(F)F)c1ccc(Cl)cc1. The van der Waals surface area contributed by atoms with Crippen LogP contribution in [0.4, 0.5) is 13.2 Å². The second-order valence-electron chi connectivity index (χ2n) is 5.56. The van der Waals surface area contributed by atoms with Crippen LogP contribution in [-0.2, 0) is 4.79 Å². The molecular weight excluding hydrogens is 325 g/mol. The van der Waals surface area contributed by atoms with Gasteiger partial charge in [-0.15, -0.1) is 0 Å². The monoisotopic (exact) mass is 346 g/mol. The van der Waals surface area contributed by atoms with E-state index in [1.807, 2.05) is 0 Å². The Labute approximate surface area is 140 Å². The number of unbranched alkanes of at least 4 members (excludes halogenated alkanes) is 5. The maximum absolute atomic E-state index is 12.5. The molecule has 128 valence electrons. The molecule has 1 rings (SSSR count).